The highest BCUT2D eigenvalue weighted by Gasteiger charge is 2.40. The van der Waals surface area contributed by atoms with Crippen LogP contribution in [-0.4, -0.2) is 193 Å². The SMILES string of the molecule is O=C(C(CN1CCN(c2ccncn2)CC1)N1CC=C(c2cccc(C(F)(F)F)c2)CC1)C(CN1CCN(c2ccncn2)CC1)N1CC=C(c2cccc(C(F)(F)F)c2)CC1.O=C(O)C(=O)O.O=C(O)C(=O)O. The van der Waals surface area contributed by atoms with Crippen LogP contribution in [0.5, 0.6) is 0 Å². The van der Waals surface area contributed by atoms with Gasteiger partial charge in [-0.05, 0) is 71.5 Å². The van der Waals surface area contributed by atoms with Crippen LogP contribution in [0.3, 0.4) is 0 Å². The highest BCUT2D eigenvalue weighted by molar-refractivity contribution is 6.27. The molecule has 2 unspecified atom stereocenters. The summed E-state index contributed by atoms with van der Waals surface area (Å²) in [6.45, 7) is 8.39. The predicted molar refractivity (Wildman–Crippen MR) is 256 cm³/mol. The summed E-state index contributed by atoms with van der Waals surface area (Å²) in [5, 5.41) is 29.6. The van der Waals surface area contributed by atoms with Crippen molar-refractivity contribution < 1.29 is 70.7 Å². The Morgan fingerprint density at radius 3 is 1.16 bits per heavy atom. The van der Waals surface area contributed by atoms with Crippen molar-refractivity contribution >= 4 is 52.4 Å². The summed E-state index contributed by atoms with van der Waals surface area (Å²) >= 11 is 0. The van der Waals surface area contributed by atoms with Crippen molar-refractivity contribution in [3.63, 3.8) is 0 Å². The average molecular weight is 1040 g/mol. The Kier molecular flexibility index (Phi) is 19.3. The number of piperazine rings is 2. The number of ketones is 1. The van der Waals surface area contributed by atoms with Crippen molar-refractivity contribution in [2.45, 2.75) is 37.3 Å². The number of hydrogen-bond donors (Lipinski definition) is 4. The van der Waals surface area contributed by atoms with E-state index in [1.165, 1.54) is 36.9 Å². The largest absolute Gasteiger partial charge is 0.473 e. The minimum atomic E-state index is -4.46. The quantitative estimate of drug-likeness (QED) is 0.113. The second-order valence-electron chi connectivity index (χ2n) is 17.5. The van der Waals surface area contributed by atoms with Gasteiger partial charge in [-0.2, -0.15) is 26.3 Å². The van der Waals surface area contributed by atoms with Gasteiger partial charge >= 0.3 is 36.2 Å². The van der Waals surface area contributed by atoms with Crippen molar-refractivity contribution in [3.05, 3.63) is 120 Å². The number of aliphatic carboxylic acids is 4. The third-order valence-electron chi connectivity index (χ3n) is 12.9. The number of carbonyl (C=O) groups is 5. The van der Waals surface area contributed by atoms with E-state index in [1.54, 1.807) is 24.5 Å². The number of nitrogens with zero attached hydrogens (tertiary/aromatic N) is 10. The van der Waals surface area contributed by atoms with Gasteiger partial charge in [-0.3, -0.25) is 24.4 Å². The van der Waals surface area contributed by atoms with Gasteiger partial charge in [0.1, 0.15) is 24.3 Å². The van der Waals surface area contributed by atoms with Crippen molar-refractivity contribution in [1.82, 2.24) is 39.5 Å². The summed E-state index contributed by atoms with van der Waals surface area (Å²) in [5.74, 6) is -5.54. The van der Waals surface area contributed by atoms with Crippen LogP contribution in [0, 0.1) is 0 Å². The Morgan fingerprint density at radius 2 is 0.878 bits per heavy atom. The fourth-order valence-electron chi connectivity index (χ4n) is 8.99. The van der Waals surface area contributed by atoms with E-state index in [-0.39, 0.29) is 5.78 Å². The molecule has 4 aromatic rings. The highest BCUT2D eigenvalue weighted by atomic mass is 19.4. The first-order valence-corrected chi connectivity index (χ1v) is 23.3. The van der Waals surface area contributed by atoms with Gasteiger partial charge in [-0.1, -0.05) is 36.4 Å². The van der Waals surface area contributed by atoms with E-state index in [4.69, 9.17) is 39.6 Å². The molecular weight excluding hydrogens is 987 g/mol. The third-order valence-corrected chi connectivity index (χ3v) is 12.9. The smallest absolute Gasteiger partial charge is 0.416 e. The zero-order chi connectivity index (χ0) is 53.6. The van der Waals surface area contributed by atoms with Gasteiger partial charge in [-0.15, -0.1) is 0 Å². The van der Waals surface area contributed by atoms with Crippen LogP contribution in [-0.2, 0) is 36.3 Å². The van der Waals surface area contributed by atoms with E-state index in [2.05, 4.69) is 49.3 Å². The number of Topliss-reactive ketones (excluding diaryl/α,β-unsaturated/α-hetero) is 1. The highest BCUT2D eigenvalue weighted by Crippen LogP contribution is 2.35. The minimum absolute atomic E-state index is 0.0632. The molecule has 0 saturated carbocycles. The maximum absolute atomic E-state index is 15.5. The van der Waals surface area contributed by atoms with Crippen molar-refractivity contribution in [1.29, 1.82) is 0 Å². The molecule has 0 spiro atoms. The van der Waals surface area contributed by atoms with E-state index in [9.17, 15) is 26.3 Å². The second-order valence-corrected chi connectivity index (χ2v) is 17.5. The summed E-state index contributed by atoms with van der Waals surface area (Å²) in [4.78, 5) is 82.2. The van der Waals surface area contributed by atoms with Crippen LogP contribution in [0.4, 0.5) is 38.0 Å². The van der Waals surface area contributed by atoms with Crippen LogP contribution in [0.15, 0.2) is 97.9 Å². The number of hydrogen-bond acceptors (Lipinski definition) is 15. The van der Waals surface area contributed by atoms with Crippen molar-refractivity contribution in [2.24, 2.45) is 0 Å². The molecule has 0 bridgehead atoms. The van der Waals surface area contributed by atoms with Crippen LogP contribution < -0.4 is 9.80 Å². The monoisotopic (exact) mass is 1040 g/mol. The Balaban J connectivity index is 0.000000666. The zero-order valence-corrected chi connectivity index (χ0v) is 39.8. The molecule has 4 N–H and O–H groups in total. The Labute approximate surface area is 420 Å². The van der Waals surface area contributed by atoms with Crippen molar-refractivity contribution in [2.75, 3.05) is 101 Å². The zero-order valence-electron chi connectivity index (χ0n) is 39.8. The Bertz CT molecular complexity index is 2430. The molecule has 8 rings (SSSR count). The molecular formula is C49H54F6N10O9. The van der Waals surface area contributed by atoms with Gasteiger partial charge in [-0.25, -0.2) is 39.1 Å². The molecule has 2 atom stereocenters. The summed E-state index contributed by atoms with van der Waals surface area (Å²) in [6, 6.07) is 13.5. The number of benzene rings is 2. The standard InChI is InChI=1S/C45H50F6N10O.2C2H2O4/c46-44(47,48)37-5-1-3-35(27-37)33-9-15-58(16-10-33)39(29-56-19-23-60(24-20-56)41-7-13-52-31-54-41)43(62)40(30-57-21-25-61(26-22-57)42-8-14-53-32-55-42)59-17-11-34(12-18-59)36-4-2-6-38(28-36)45(49,50)51;2*3-1(4)2(5)6/h1-9,11,13-14,27-28,31-32,39-40H,10,12,15-26,29-30H2;2*(H,3,4)(H,5,6). The number of halogens is 6. The number of carboxylic acids is 4. The topological polar surface area (TPSA) is 237 Å². The molecule has 0 aliphatic carbocycles. The lowest BCUT2D eigenvalue weighted by Crippen LogP contribution is -2.61. The number of rotatable bonds is 12. The maximum Gasteiger partial charge on any atom is 0.416 e. The van der Waals surface area contributed by atoms with Crippen LogP contribution in [0.1, 0.15) is 35.1 Å². The lowest BCUT2D eigenvalue weighted by Gasteiger charge is -2.44. The molecule has 4 aliphatic heterocycles. The van der Waals surface area contributed by atoms with Gasteiger partial charge in [0.2, 0.25) is 0 Å². The molecule has 25 heteroatoms. The van der Waals surface area contributed by atoms with Crippen LogP contribution in [0.2, 0.25) is 0 Å². The third kappa shape index (κ3) is 15.8. The fourth-order valence-corrected chi connectivity index (χ4v) is 8.99. The lowest BCUT2D eigenvalue weighted by atomic mass is 9.93. The first-order chi connectivity index (χ1) is 35.2. The normalized spacial score (nSPS) is 18.0. The number of aromatic nitrogens is 4. The second kappa shape index (κ2) is 25.5. The van der Waals surface area contributed by atoms with E-state index >= 15 is 4.79 Å². The lowest BCUT2D eigenvalue weighted by molar-refractivity contribution is -0.159. The first kappa shape index (κ1) is 56.0. The number of anilines is 2. The molecule has 0 radical (unpaired) electrons. The van der Waals surface area contributed by atoms with E-state index in [0.29, 0.717) is 116 Å². The van der Waals surface area contributed by atoms with E-state index < -0.39 is 59.4 Å². The number of carboxylic acid groups (broad SMARTS) is 4. The number of alkyl halides is 6. The molecule has 19 nitrogen and oxygen atoms in total. The minimum Gasteiger partial charge on any atom is -0.473 e. The van der Waals surface area contributed by atoms with Crippen LogP contribution in [0.25, 0.3) is 11.1 Å². The molecule has 2 fully saturated rings. The fraction of sp³-hybridized carbons (Fsp3) is 0.408. The number of carbonyl (C=O) groups excluding carboxylic acids is 1. The molecule has 2 aromatic heterocycles. The van der Waals surface area contributed by atoms with Gasteiger partial charge in [0, 0.05) is 104 Å². The van der Waals surface area contributed by atoms with Gasteiger partial charge in [0.05, 0.1) is 23.2 Å². The van der Waals surface area contributed by atoms with Crippen LogP contribution >= 0.6 is 0 Å². The molecule has 396 valence electrons. The van der Waals surface area contributed by atoms with Gasteiger partial charge in [0.15, 0.2) is 5.78 Å². The molecule has 4 aliphatic rings. The van der Waals surface area contributed by atoms with E-state index in [1.807, 2.05) is 24.3 Å². The molecule has 2 aromatic carbocycles. The van der Waals surface area contributed by atoms with Gasteiger partial charge in [0.25, 0.3) is 0 Å². The molecule has 6 heterocycles. The first-order valence-electron chi connectivity index (χ1n) is 23.3. The van der Waals surface area contributed by atoms with Gasteiger partial charge < -0.3 is 30.2 Å². The molecule has 74 heavy (non-hydrogen) atoms. The predicted octanol–water partition coefficient (Wildman–Crippen LogP) is 4.44. The Hall–Kier alpha value is -7.35. The Morgan fingerprint density at radius 1 is 0.514 bits per heavy atom. The van der Waals surface area contributed by atoms with E-state index in [0.717, 1.165) is 34.9 Å². The summed E-state index contributed by atoms with van der Waals surface area (Å²) < 4.78 is 81.9. The summed E-state index contributed by atoms with van der Waals surface area (Å²) in [7, 11) is 0. The summed E-state index contributed by atoms with van der Waals surface area (Å²) in [5.41, 5.74) is 1.30. The average Bonchev–Trinajstić information content (AvgIpc) is 3.40. The maximum atomic E-state index is 15.5. The van der Waals surface area contributed by atoms with Crippen molar-refractivity contribution in [3.8, 4) is 0 Å². The summed E-state index contributed by atoms with van der Waals surface area (Å²) in [6.07, 6.45) is 2.46. The molecule has 0 amide bonds. The molecule has 2 saturated heterocycles.